The van der Waals surface area contributed by atoms with E-state index in [2.05, 4.69) is 39.4 Å². The van der Waals surface area contributed by atoms with Crippen molar-refractivity contribution in [2.24, 2.45) is 5.92 Å². The van der Waals surface area contributed by atoms with E-state index < -0.39 is 0 Å². The molecule has 5 nitrogen and oxygen atoms in total. The van der Waals surface area contributed by atoms with Crippen LogP contribution in [-0.2, 0) is 24.2 Å². The molecule has 1 saturated heterocycles. The van der Waals surface area contributed by atoms with E-state index in [-0.39, 0.29) is 17.9 Å². The minimum absolute atomic E-state index is 0.0534. The van der Waals surface area contributed by atoms with E-state index in [1.807, 2.05) is 30.3 Å². The Morgan fingerprint density at radius 2 is 1.83 bits per heavy atom. The van der Waals surface area contributed by atoms with Gasteiger partial charge in [0.05, 0.1) is 6.04 Å². The number of rotatable bonds is 5. The highest BCUT2D eigenvalue weighted by Crippen LogP contribution is 2.37. The van der Waals surface area contributed by atoms with Crippen LogP contribution in [0.1, 0.15) is 46.4 Å². The first-order valence-corrected chi connectivity index (χ1v) is 11.5. The highest BCUT2D eigenvalue weighted by atomic mass is 32.1. The molecule has 1 aliphatic carbocycles. The van der Waals surface area contributed by atoms with E-state index in [0.717, 1.165) is 54.4 Å². The van der Waals surface area contributed by atoms with Gasteiger partial charge in [-0.1, -0.05) is 53.8 Å². The third-order valence-electron chi connectivity index (χ3n) is 6.11. The largest absolute Gasteiger partial charge is 0.486 e. The van der Waals surface area contributed by atoms with E-state index in [0.29, 0.717) is 6.61 Å². The van der Waals surface area contributed by atoms with Gasteiger partial charge in [0.2, 0.25) is 5.91 Å². The predicted molar refractivity (Wildman–Crippen MR) is 116 cm³/mol. The van der Waals surface area contributed by atoms with E-state index in [9.17, 15) is 4.79 Å². The van der Waals surface area contributed by atoms with Gasteiger partial charge in [0.1, 0.15) is 17.4 Å². The van der Waals surface area contributed by atoms with Crippen molar-refractivity contribution >= 4 is 17.2 Å². The van der Waals surface area contributed by atoms with Crippen LogP contribution in [0.15, 0.2) is 54.6 Å². The lowest BCUT2D eigenvalue weighted by molar-refractivity contribution is -0.136. The lowest BCUT2D eigenvalue weighted by Crippen LogP contribution is -2.38. The summed E-state index contributed by atoms with van der Waals surface area (Å²) in [6.07, 6.45) is 4.76. The van der Waals surface area contributed by atoms with Gasteiger partial charge >= 0.3 is 0 Å². The molecule has 5 rings (SSSR count). The fraction of sp³-hybridized carbons (Fsp3) is 0.375. The molecule has 2 heterocycles. The number of carbonyl (C=O) groups is 1. The van der Waals surface area contributed by atoms with Crippen LogP contribution >= 0.6 is 11.3 Å². The zero-order valence-corrected chi connectivity index (χ0v) is 17.7. The highest BCUT2D eigenvalue weighted by Gasteiger charge is 2.37. The summed E-state index contributed by atoms with van der Waals surface area (Å²) < 4.78 is 5.80. The fourth-order valence-electron chi connectivity index (χ4n) is 4.55. The van der Waals surface area contributed by atoms with E-state index in [4.69, 9.17) is 4.74 Å². The summed E-state index contributed by atoms with van der Waals surface area (Å²) in [4.78, 5) is 15.4. The number of likely N-dealkylation sites (tertiary alicyclic amines) is 1. The lowest BCUT2D eigenvalue weighted by atomic mass is 9.83. The first kappa shape index (κ1) is 19.2. The van der Waals surface area contributed by atoms with Crippen LogP contribution in [0, 0.1) is 5.92 Å². The molecular formula is C24H25N3O2S. The van der Waals surface area contributed by atoms with Crippen molar-refractivity contribution in [3.8, 4) is 5.75 Å². The molecular weight excluding hydrogens is 394 g/mol. The maximum absolute atomic E-state index is 13.4. The summed E-state index contributed by atoms with van der Waals surface area (Å²) in [5, 5.41) is 10.5. The quantitative estimate of drug-likeness (QED) is 0.607. The summed E-state index contributed by atoms with van der Waals surface area (Å²) in [5.74, 6) is 1.18. The van der Waals surface area contributed by atoms with Crippen LogP contribution in [0.5, 0.6) is 5.75 Å². The topological polar surface area (TPSA) is 55.3 Å². The van der Waals surface area contributed by atoms with Crippen molar-refractivity contribution < 1.29 is 9.53 Å². The molecule has 0 N–H and O–H groups in total. The van der Waals surface area contributed by atoms with Gasteiger partial charge < -0.3 is 9.64 Å². The number of amides is 1. The molecule has 0 radical (unpaired) electrons. The van der Waals surface area contributed by atoms with E-state index in [1.54, 1.807) is 11.3 Å². The number of benzene rings is 2. The zero-order chi connectivity index (χ0) is 20.3. The van der Waals surface area contributed by atoms with E-state index >= 15 is 0 Å². The standard InChI is InChI=1S/C24H25N3O2S/c28-24(19-13-12-17-7-4-5-8-18(17)15-19)27-14-6-11-21(27)23-26-25-22(30-23)16-29-20-9-2-1-3-10-20/h1-5,7-10,19,21H,6,11-16H2. The molecule has 0 bridgehead atoms. The molecule has 2 aliphatic rings. The van der Waals surface area contributed by atoms with Crippen LogP contribution in [0.3, 0.4) is 0 Å². The Morgan fingerprint density at radius 1 is 1.03 bits per heavy atom. The summed E-state index contributed by atoms with van der Waals surface area (Å²) in [7, 11) is 0. The monoisotopic (exact) mass is 419 g/mol. The van der Waals surface area contributed by atoms with Gasteiger partial charge in [-0.05, 0) is 55.4 Å². The lowest BCUT2D eigenvalue weighted by Gasteiger charge is -2.30. The zero-order valence-electron chi connectivity index (χ0n) is 16.9. The molecule has 154 valence electrons. The maximum Gasteiger partial charge on any atom is 0.226 e. The third-order valence-corrected chi connectivity index (χ3v) is 7.10. The van der Waals surface area contributed by atoms with Crippen LogP contribution in [0.4, 0.5) is 0 Å². The van der Waals surface area contributed by atoms with Crippen molar-refractivity contribution in [2.45, 2.75) is 44.8 Å². The van der Waals surface area contributed by atoms with Gasteiger partial charge in [0.25, 0.3) is 0 Å². The molecule has 1 amide bonds. The van der Waals surface area contributed by atoms with Crippen molar-refractivity contribution in [3.05, 3.63) is 75.7 Å². The SMILES string of the molecule is O=C(C1CCc2ccccc2C1)N1CCCC1c1nnc(COc2ccccc2)s1. The van der Waals surface area contributed by atoms with Crippen LogP contribution in [0.25, 0.3) is 0 Å². The second-order valence-electron chi connectivity index (χ2n) is 8.03. The Kier molecular flexibility index (Phi) is 5.49. The number of carbonyl (C=O) groups excluding carboxylic acids is 1. The summed E-state index contributed by atoms with van der Waals surface area (Å²) >= 11 is 1.56. The number of aromatic nitrogens is 2. The Morgan fingerprint density at radius 3 is 2.70 bits per heavy atom. The first-order chi connectivity index (χ1) is 14.8. The van der Waals surface area contributed by atoms with Crippen LogP contribution < -0.4 is 4.74 Å². The number of fused-ring (bicyclic) bond motifs is 1. The van der Waals surface area contributed by atoms with Gasteiger partial charge in [0, 0.05) is 12.5 Å². The van der Waals surface area contributed by atoms with Crippen molar-refractivity contribution in [2.75, 3.05) is 6.54 Å². The van der Waals surface area contributed by atoms with Crippen LogP contribution in [-0.4, -0.2) is 27.5 Å². The van der Waals surface area contributed by atoms with Crippen molar-refractivity contribution in [1.29, 1.82) is 0 Å². The minimum Gasteiger partial charge on any atom is -0.486 e. The number of hydrogen-bond donors (Lipinski definition) is 0. The Balaban J connectivity index is 1.25. The molecule has 2 unspecified atom stereocenters. The Labute approximate surface area is 180 Å². The van der Waals surface area contributed by atoms with Gasteiger partial charge in [-0.2, -0.15) is 0 Å². The average molecular weight is 420 g/mol. The Bertz CT molecular complexity index is 1020. The third kappa shape index (κ3) is 3.97. The molecule has 3 aromatic rings. The maximum atomic E-state index is 13.4. The summed E-state index contributed by atoms with van der Waals surface area (Å²) in [6, 6.07) is 18.3. The molecule has 30 heavy (non-hydrogen) atoms. The number of aryl methyl sites for hydroxylation is 1. The van der Waals surface area contributed by atoms with Crippen molar-refractivity contribution in [3.63, 3.8) is 0 Å². The predicted octanol–water partition coefficient (Wildman–Crippen LogP) is 4.59. The molecule has 1 fully saturated rings. The minimum atomic E-state index is 0.0534. The molecule has 1 aromatic heterocycles. The van der Waals surface area contributed by atoms with Gasteiger partial charge in [-0.3, -0.25) is 4.79 Å². The molecule has 2 atom stereocenters. The highest BCUT2D eigenvalue weighted by molar-refractivity contribution is 7.11. The van der Waals surface area contributed by atoms with Gasteiger partial charge in [0.15, 0.2) is 5.01 Å². The number of para-hydroxylation sites is 1. The normalized spacial score (nSPS) is 20.7. The number of nitrogens with zero attached hydrogens (tertiary/aromatic N) is 3. The van der Waals surface area contributed by atoms with Gasteiger partial charge in [-0.15, -0.1) is 10.2 Å². The average Bonchev–Trinajstić information content (AvgIpc) is 3.47. The number of ether oxygens (including phenoxy) is 1. The smallest absolute Gasteiger partial charge is 0.226 e. The van der Waals surface area contributed by atoms with E-state index in [1.165, 1.54) is 11.1 Å². The second kappa shape index (κ2) is 8.56. The number of hydrogen-bond acceptors (Lipinski definition) is 5. The van der Waals surface area contributed by atoms with Crippen LogP contribution in [0.2, 0.25) is 0 Å². The molecule has 0 spiro atoms. The molecule has 2 aromatic carbocycles. The fourth-order valence-corrected chi connectivity index (χ4v) is 5.46. The summed E-state index contributed by atoms with van der Waals surface area (Å²) in [5.41, 5.74) is 2.72. The molecule has 0 saturated carbocycles. The van der Waals surface area contributed by atoms with Gasteiger partial charge in [-0.25, -0.2) is 0 Å². The Hall–Kier alpha value is -2.73. The molecule has 6 heteroatoms. The first-order valence-electron chi connectivity index (χ1n) is 10.7. The van der Waals surface area contributed by atoms with Crippen molar-refractivity contribution in [1.82, 2.24) is 15.1 Å². The summed E-state index contributed by atoms with van der Waals surface area (Å²) in [6.45, 7) is 1.22. The molecule has 1 aliphatic heterocycles. The second-order valence-corrected chi connectivity index (χ2v) is 9.13.